The molecule has 2 heterocycles. The zero-order valence-corrected chi connectivity index (χ0v) is 21.4. The predicted octanol–water partition coefficient (Wildman–Crippen LogP) is 2.99. The van der Waals surface area contributed by atoms with Gasteiger partial charge < -0.3 is 10.2 Å². The Balaban J connectivity index is 0.00000320. The number of nitrogens with zero attached hydrogens (tertiary/aromatic N) is 3. The third-order valence-corrected chi connectivity index (χ3v) is 7.01. The molecule has 8 heteroatoms. The van der Waals surface area contributed by atoms with Gasteiger partial charge in [0, 0.05) is 45.0 Å². The number of guanidine groups is 1. The number of hydrogen-bond donors (Lipinski definition) is 1. The monoisotopic (exact) mass is 548 g/mol. The number of likely N-dealkylation sites (tertiary alicyclic amines) is 2. The van der Waals surface area contributed by atoms with Crippen LogP contribution in [0.1, 0.15) is 38.2 Å². The normalized spacial score (nSPS) is 22.9. The highest BCUT2D eigenvalue weighted by Gasteiger charge is 2.36. The Kier molecular flexibility index (Phi) is 10.4. The summed E-state index contributed by atoms with van der Waals surface area (Å²) in [6.45, 7) is 7.74. The average Bonchev–Trinajstić information content (AvgIpc) is 2.70. The minimum absolute atomic E-state index is 0. The molecule has 2 fully saturated rings. The van der Waals surface area contributed by atoms with Crippen molar-refractivity contribution < 1.29 is 8.42 Å². The van der Waals surface area contributed by atoms with Crippen LogP contribution in [0.25, 0.3) is 0 Å². The van der Waals surface area contributed by atoms with E-state index in [1.54, 1.807) is 0 Å². The lowest BCUT2D eigenvalue weighted by Crippen LogP contribution is -2.56. The Bertz CT molecular complexity index is 773. The number of piperidine rings is 2. The van der Waals surface area contributed by atoms with Crippen LogP contribution in [0, 0.1) is 5.92 Å². The van der Waals surface area contributed by atoms with Crippen LogP contribution in [0.15, 0.2) is 35.3 Å². The number of fused-ring (bicyclic) bond motifs is 1. The smallest absolute Gasteiger partial charge is 0.193 e. The van der Waals surface area contributed by atoms with Gasteiger partial charge in [-0.25, -0.2) is 8.42 Å². The van der Waals surface area contributed by atoms with Gasteiger partial charge in [0.25, 0.3) is 0 Å². The van der Waals surface area contributed by atoms with Crippen molar-refractivity contribution in [2.75, 3.05) is 44.7 Å². The van der Waals surface area contributed by atoms with Crippen LogP contribution in [0.4, 0.5) is 0 Å². The van der Waals surface area contributed by atoms with Gasteiger partial charge in [0.2, 0.25) is 0 Å². The average molecular weight is 549 g/mol. The highest BCUT2D eigenvalue weighted by molar-refractivity contribution is 14.0. The molecule has 3 rings (SSSR count). The lowest BCUT2D eigenvalue weighted by molar-refractivity contribution is 0.0372. The van der Waals surface area contributed by atoms with Crippen molar-refractivity contribution in [3.63, 3.8) is 0 Å². The molecule has 2 aliphatic heterocycles. The van der Waals surface area contributed by atoms with Crippen molar-refractivity contribution in [3.05, 3.63) is 35.9 Å². The first-order valence-corrected chi connectivity index (χ1v) is 13.0. The van der Waals surface area contributed by atoms with Crippen molar-refractivity contribution >= 4 is 39.8 Å². The van der Waals surface area contributed by atoms with Gasteiger partial charge >= 0.3 is 0 Å². The molecule has 0 amide bonds. The first-order chi connectivity index (χ1) is 14.0. The van der Waals surface area contributed by atoms with E-state index < -0.39 is 9.84 Å². The van der Waals surface area contributed by atoms with E-state index in [9.17, 15) is 8.42 Å². The van der Waals surface area contributed by atoms with Crippen LogP contribution in [0.2, 0.25) is 0 Å². The fourth-order valence-electron chi connectivity index (χ4n) is 4.65. The van der Waals surface area contributed by atoms with Gasteiger partial charge in [-0.15, -0.1) is 24.0 Å². The van der Waals surface area contributed by atoms with Gasteiger partial charge in [-0.2, -0.15) is 0 Å². The molecule has 170 valence electrons. The number of aliphatic imine (C=N–C) groups is 1. The standard InChI is InChI=1S/C22H36N4O2S.HI/c1-3-23-22(24-13-8-16-29(2,27)28)26-15-12-21-20(18-26)11-7-14-25(21)17-19-9-5-4-6-10-19;/h4-6,9-10,20-21H,3,7-8,11-18H2,1-2H3,(H,23,24);1H. The van der Waals surface area contributed by atoms with Gasteiger partial charge in [0.05, 0.1) is 5.75 Å². The molecular weight excluding hydrogens is 511 g/mol. The fourth-order valence-corrected chi connectivity index (χ4v) is 5.30. The first-order valence-electron chi connectivity index (χ1n) is 10.9. The summed E-state index contributed by atoms with van der Waals surface area (Å²) in [4.78, 5) is 9.78. The molecular formula is C22H37IN4O2S. The second-order valence-electron chi connectivity index (χ2n) is 8.38. The summed E-state index contributed by atoms with van der Waals surface area (Å²) >= 11 is 0. The summed E-state index contributed by atoms with van der Waals surface area (Å²) in [7, 11) is -2.92. The van der Waals surface area contributed by atoms with Crippen LogP contribution in [0.5, 0.6) is 0 Å². The van der Waals surface area contributed by atoms with E-state index in [-0.39, 0.29) is 29.7 Å². The SMILES string of the molecule is CCNC(=NCCCS(C)(=O)=O)N1CCC2C(CCCN2Cc2ccccc2)C1.I. The van der Waals surface area contributed by atoms with Gasteiger partial charge in [-0.1, -0.05) is 30.3 Å². The summed E-state index contributed by atoms with van der Waals surface area (Å²) in [5.41, 5.74) is 1.40. The Morgan fingerprint density at radius 2 is 1.97 bits per heavy atom. The summed E-state index contributed by atoms with van der Waals surface area (Å²) in [6.07, 6.45) is 5.56. The van der Waals surface area contributed by atoms with Crippen LogP contribution >= 0.6 is 24.0 Å². The van der Waals surface area contributed by atoms with Crippen LogP contribution in [0.3, 0.4) is 0 Å². The first kappa shape index (κ1) is 25.4. The van der Waals surface area contributed by atoms with E-state index in [1.165, 1.54) is 31.2 Å². The fraction of sp³-hybridized carbons (Fsp3) is 0.682. The topological polar surface area (TPSA) is 65.0 Å². The molecule has 1 N–H and O–H groups in total. The Morgan fingerprint density at radius 1 is 1.20 bits per heavy atom. The maximum atomic E-state index is 11.3. The largest absolute Gasteiger partial charge is 0.357 e. The molecule has 0 radical (unpaired) electrons. The summed E-state index contributed by atoms with van der Waals surface area (Å²) < 4.78 is 22.7. The minimum Gasteiger partial charge on any atom is -0.357 e. The second kappa shape index (κ2) is 12.2. The molecule has 0 bridgehead atoms. The van der Waals surface area contributed by atoms with Crippen molar-refractivity contribution in [3.8, 4) is 0 Å². The third-order valence-electron chi connectivity index (χ3n) is 5.98. The maximum absolute atomic E-state index is 11.3. The van der Waals surface area contributed by atoms with Gasteiger partial charge in [-0.3, -0.25) is 9.89 Å². The quantitative estimate of drug-likeness (QED) is 0.246. The van der Waals surface area contributed by atoms with Gasteiger partial charge in [0.15, 0.2) is 5.96 Å². The summed E-state index contributed by atoms with van der Waals surface area (Å²) in [5.74, 6) is 1.82. The molecule has 0 spiro atoms. The number of halogens is 1. The minimum atomic E-state index is -2.92. The Morgan fingerprint density at radius 3 is 2.67 bits per heavy atom. The van der Waals surface area contributed by atoms with E-state index in [4.69, 9.17) is 4.99 Å². The molecule has 2 unspecified atom stereocenters. The highest BCUT2D eigenvalue weighted by Crippen LogP contribution is 2.31. The van der Waals surface area contributed by atoms with Crippen LogP contribution in [-0.2, 0) is 16.4 Å². The number of hydrogen-bond acceptors (Lipinski definition) is 4. The Hall–Kier alpha value is -0.870. The molecule has 1 aromatic rings. The summed E-state index contributed by atoms with van der Waals surface area (Å²) in [5, 5.41) is 3.41. The zero-order valence-electron chi connectivity index (χ0n) is 18.3. The highest BCUT2D eigenvalue weighted by atomic mass is 127. The number of rotatable bonds is 7. The van der Waals surface area contributed by atoms with E-state index in [1.807, 2.05) is 0 Å². The molecule has 0 saturated carbocycles. The van der Waals surface area contributed by atoms with E-state index in [0.717, 1.165) is 38.6 Å². The molecule has 30 heavy (non-hydrogen) atoms. The molecule has 2 saturated heterocycles. The zero-order chi connectivity index (χ0) is 20.7. The molecule has 0 aromatic heterocycles. The number of sulfone groups is 1. The van der Waals surface area contributed by atoms with Crippen LogP contribution < -0.4 is 5.32 Å². The van der Waals surface area contributed by atoms with E-state index >= 15 is 0 Å². The van der Waals surface area contributed by atoms with E-state index in [2.05, 4.69) is 52.4 Å². The van der Waals surface area contributed by atoms with Crippen molar-refractivity contribution in [1.82, 2.24) is 15.1 Å². The van der Waals surface area contributed by atoms with Crippen molar-refractivity contribution in [2.45, 2.75) is 45.2 Å². The second-order valence-corrected chi connectivity index (χ2v) is 10.6. The lowest BCUT2D eigenvalue weighted by atomic mass is 9.83. The van der Waals surface area contributed by atoms with E-state index in [0.29, 0.717) is 24.9 Å². The maximum Gasteiger partial charge on any atom is 0.193 e. The number of benzene rings is 1. The molecule has 6 nitrogen and oxygen atoms in total. The molecule has 1 aromatic carbocycles. The van der Waals surface area contributed by atoms with Crippen molar-refractivity contribution in [2.24, 2.45) is 10.9 Å². The third kappa shape index (κ3) is 7.67. The molecule has 0 aliphatic carbocycles. The van der Waals surface area contributed by atoms with Crippen LogP contribution in [-0.4, -0.2) is 75.0 Å². The van der Waals surface area contributed by atoms with Gasteiger partial charge in [0.1, 0.15) is 9.84 Å². The lowest BCUT2D eigenvalue weighted by Gasteiger charge is -2.48. The Labute approximate surface area is 199 Å². The summed E-state index contributed by atoms with van der Waals surface area (Å²) in [6, 6.07) is 11.4. The molecule has 2 atom stereocenters. The van der Waals surface area contributed by atoms with Crippen molar-refractivity contribution in [1.29, 1.82) is 0 Å². The molecule has 2 aliphatic rings. The van der Waals surface area contributed by atoms with Gasteiger partial charge in [-0.05, 0) is 50.6 Å². The number of nitrogens with one attached hydrogen (secondary N) is 1. The predicted molar refractivity (Wildman–Crippen MR) is 135 cm³/mol.